The van der Waals surface area contributed by atoms with E-state index in [-0.39, 0.29) is 11.5 Å². The molecule has 2 aliphatic carbocycles. The Hall–Kier alpha value is -3.28. The van der Waals surface area contributed by atoms with Crippen LogP contribution in [0, 0.1) is 0 Å². The largest absolute Gasteiger partial charge is 0.472 e. The molecule has 0 spiro atoms. The van der Waals surface area contributed by atoms with Gasteiger partial charge in [0, 0.05) is 0 Å². The van der Waals surface area contributed by atoms with Gasteiger partial charge in [0.2, 0.25) is 0 Å². The van der Waals surface area contributed by atoms with Gasteiger partial charge >= 0.3 is 11.9 Å². The van der Waals surface area contributed by atoms with E-state index in [0.717, 1.165) is 19.3 Å². The normalized spacial score (nSPS) is 19.7. The zero-order chi connectivity index (χ0) is 18.4. The number of esters is 2. The van der Waals surface area contributed by atoms with Crippen molar-refractivity contribution in [1.29, 1.82) is 0 Å². The van der Waals surface area contributed by atoms with Crippen molar-refractivity contribution in [2.45, 2.75) is 31.1 Å². The molecule has 3 aromatic rings. The van der Waals surface area contributed by atoms with Crippen LogP contribution in [0.3, 0.4) is 0 Å². The zero-order valence-corrected chi connectivity index (χ0v) is 14.3. The predicted molar refractivity (Wildman–Crippen MR) is 93.1 cm³/mol. The molecule has 0 saturated heterocycles. The fourth-order valence-electron chi connectivity index (χ4n) is 4.08. The minimum atomic E-state index is -0.563. The Labute approximate surface area is 154 Å². The maximum absolute atomic E-state index is 12.4. The number of rotatable bonds is 4. The molecule has 2 bridgehead atoms. The lowest BCUT2D eigenvalue weighted by Gasteiger charge is -2.18. The predicted octanol–water partition coefficient (Wildman–Crippen LogP) is 4.68. The van der Waals surface area contributed by atoms with Gasteiger partial charge in [0.25, 0.3) is 0 Å². The third kappa shape index (κ3) is 2.73. The van der Waals surface area contributed by atoms with Crippen LogP contribution in [0.25, 0.3) is 0 Å². The summed E-state index contributed by atoms with van der Waals surface area (Å²) in [6.45, 7) is 0. The number of furan rings is 2. The number of carbonyl (C=O) groups is 2. The van der Waals surface area contributed by atoms with Crippen LogP contribution in [0.4, 0.5) is 0 Å². The highest BCUT2D eigenvalue weighted by atomic mass is 16.6. The van der Waals surface area contributed by atoms with E-state index in [2.05, 4.69) is 0 Å². The van der Waals surface area contributed by atoms with Crippen LogP contribution in [-0.2, 0) is 0 Å². The molecule has 0 aliphatic heterocycles. The van der Waals surface area contributed by atoms with E-state index in [4.69, 9.17) is 18.3 Å². The lowest BCUT2D eigenvalue weighted by Crippen LogP contribution is -2.13. The topological polar surface area (TPSA) is 78.9 Å². The lowest BCUT2D eigenvalue weighted by atomic mass is 9.91. The minimum Gasteiger partial charge on any atom is -0.472 e. The Morgan fingerprint density at radius 1 is 0.815 bits per heavy atom. The molecule has 136 valence electrons. The van der Waals surface area contributed by atoms with Gasteiger partial charge in [0.05, 0.1) is 23.7 Å². The monoisotopic (exact) mass is 364 g/mol. The third-order valence-corrected chi connectivity index (χ3v) is 5.38. The molecule has 2 heterocycles. The first-order valence-electron chi connectivity index (χ1n) is 8.85. The van der Waals surface area contributed by atoms with Crippen LogP contribution < -0.4 is 9.47 Å². The highest BCUT2D eigenvalue weighted by Gasteiger charge is 2.38. The second-order valence-electron chi connectivity index (χ2n) is 6.94. The van der Waals surface area contributed by atoms with E-state index in [9.17, 15) is 9.59 Å². The molecule has 2 aromatic heterocycles. The standard InChI is InChI=1S/C21H16O6/c22-20(14-3-5-24-10-14)26-18-8-16-12-1-2-13(7-12)17(16)9-19(18)27-21(23)15-4-6-25-11-15/h3-6,8-13H,1-2,7H2. The van der Waals surface area contributed by atoms with Gasteiger partial charge in [-0.05, 0) is 66.5 Å². The van der Waals surface area contributed by atoms with Gasteiger partial charge in [0.15, 0.2) is 11.5 Å². The summed E-state index contributed by atoms with van der Waals surface area (Å²) in [6.07, 6.45) is 8.81. The summed E-state index contributed by atoms with van der Waals surface area (Å²) in [5.41, 5.74) is 2.96. The fourth-order valence-corrected chi connectivity index (χ4v) is 4.08. The lowest BCUT2D eigenvalue weighted by molar-refractivity contribution is 0.0681. The third-order valence-electron chi connectivity index (χ3n) is 5.38. The molecule has 2 atom stereocenters. The molecule has 0 N–H and O–H groups in total. The van der Waals surface area contributed by atoms with Gasteiger partial charge in [-0.1, -0.05) is 0 Å². The number of hydrogen-bond acceptors (Lipinski definition) is 6. The summed E-state index contributed by atoms with van der Waals surface area (Å²) in [5, 5.41) is 0. The average Bonchev–Trinajstić information content (AvgIpc) is 3.47. The van der Waals surface area contributed by atoms with E-state index < -0.39 is 11.9 Å². The molecule has 6 nitrogen and oxygen atoms in total. The molecule has 5 rings (SSSR count). The molecular formula is C21H16O6. The van der Waals surface area contributed by atoms with Gasteiger partial charge in [-0.25, -0.2) is 9.59 Å². The highest BCUT2D eigenvalue weighted by Crippen LogP contribution is 2.55. The fraction of sp³-hybridized carbons (Fsp3) is 0.238. The Balaban J connectivity index is 1.50. The van der Waals surface area contributed by atoms with Crippen molar-refractivity contribution >= 4 is 11.9 Å². The second kappa shape index (κ2) is 6.16. The number of fused-ring (bicyclic) bond motifs is 5. The van der Waals surface area contributed by atoms with Crippen molar-refractivity contribution in [2.24, 2.45) is 0 Å². The van der Waals surface area contributed by atoms with E-state index in [1.165, 1.54) is 48.3 Å². The first-order chi connectivity index (χ1) is 13.2. The van der Waals surface area contributed by atoms with Gasteiger partial charge in [0.1, 0.15) is 12.5 Å². The average molecular weight is 364 g/mol. The van der Waals surface area contributed by atoms with Gasteiger partial charge in [-0.3, -0.25) is 0 Å². The summed E-state index contributed by atoms with van der Waals surface area (Å²) in [4.78, 5) is 24.7. The van der Waals surface area contributed by atoms with Gasteiger partial charge < -0.3 is 18.3 Å². The quantitative estimate of drug-likeness (QED) is 0.494. The van der Waals surface area contributed by atoms with E-state index in [1.54, 1.807) is 0 Å². The number of carbonyl (C=O) groups excluding carboxylic acids is 2. The molecule has 1 aromatic carbocycles. The molecule has 6 heteroatoms. The first kappa shape index (κ1) is 15.9. The van der Waals surface area contributed by atoms with Crippen LogP contribution >= 0.6 is 0 Å². The molecular weight excluding hydrogens is 348 g/mol. The van der Waals surface area contributed by atoms with E-state index >= 15 is 0 Å². The summed E-state index contributed by atoms with van der Waals surface area (Å²) < 4.78 is 21.0. The minimum absolute atomic E-state index is 0.240. The smallest absolute Gasteiger partial charge is 0.346 e. The number of hydrogen-bond donors (Lipinski definition) is 0. The SMILES string of the molecule is O=C(Oc1cc2c(cc1OC(=O)c1ccoc1)C1CCC2C1)c1ccoc1. The number of benzene rings is 1. The van der Waals surface area contributed by atoms with Crippen molar-refractivity contribution in [3.8, 4) is 11.5 Å². The van der Waals surface area contributed by atoms with Crippen molar-refractivity contribution in [1.82, 2.24) is 0 Å². The Morgan fingerprint density at radius 3 is 1.70 bits per heavy atom. The Kier molecular flexibility index (Phi) is 3.63. The number of ether oxygens (including phenoxy) is 2. The van der Waals surface area contributed by atoms with Crippen molar-refractivity contribution < 1.29 is 27.9 Å². The molecule has 0 radical (unpaired) electrons. The summed E-state index contributed by atoms with van der Waals surface area (Å²) >= 11 is 0. The van der Waals surface area contributed by atoms with Crippen LogP contribution in [-0.4, -0.2) is 11.9 Å². The van der Waals surface area contributed by atoms with Crippen LogP contribution in [0.2, 0.25) is 0 Å². The second-order valence-corrected chi connectivity index (χ2v) is 6.94. The Bertz CT molecular complexity index is 918. The van der Waals surface area contributed by atoms with Gasteiger partial charge in [-0.2, -0.15) is 0 Å². The van der Waals surface area contributed by atoms with Crippen molar-refractivity contribution in [3.63, 3.8) is 0 Å². The van der Waals surface area contributed by atoms with E-state index in [0.29, 0.717) is 23.0 Å². The van der Waals surface area contributed by atoms with Crippen molar-refractivity contribution in [2.75, 3.05) is 0 Å². The summed E-state index contributed by atoms with van der Waals surface area (Å²) in [6, 6.07) is 6.73. The molecule has 1 saturated carbocycles. The zero-order valence-electron chi connectivity index (χ0n) is 14.3. The summed E-state index contributed by atoms with van der Waals surface area (Å²) in [7, 11) is 0. The maximum Gasteiger partial charge on any atom is 0.346 e. The van der Waals surface area contributed by atoms with Gasteiger partial charge in [-0.15, -0.1) is 0 Å². The highest BCUT2D eigenvalue weighted by molar-refractivity contribution is 5.93. The van der Waals surface area contributed by atoms with Crippen LogP contribution in [0.1, 0.15) is 62.9 Å². The summed E-state index contributed by atoms with van der Waals surface area (Å²) in [5.74, 6) is 0.318. The molecule has 0 amide bonds. The molecule has 27 heavy (non-hydrogen) atoms. The first-order valence-corrected chi connectivity index (χ1v) is 8.85. The molecule has 2 unspecified atom stereocenters. The molecule has 1 fully saturated rings. The molecule has 2 aliphatic rings. The van der Waals surface area contributed by atoms with Crippen molar-refractivity contribution in [3.05, 3.63) is 71.6 Å². The Morgan fingerprint density at radius 2 is 1.30 bits per heavy atom. The van der Waals surface area contributed by atoms with Crippen LogP contribution in [0.5, 0.6) is 11.5 Å². The van der Waals surface area contributed by atoms with E-state index in [1.807, 2.05) is 12.1 Å². The van der Waals surface area contributed by atoms with Crippen LogP contribution in [0.15, 0.2) is 58.2 Å². The maximum atomic E-state index is 12.4.